The number of fused-ring (bicyclic) bond motifs is 3. The number of para-hydroxylation sites is 1. The molecule has 1 amide bonds. The number of hydrogen-bond acceptors (Lipinski definition) is 7. The second-order valence-electron chi connectivity index (χ2n) is 7.45. The molecule has 30 heavy (non-hydrogen) atoms. The fourth-order valence-corrected chi connectivity index (χ4v) is 3.90. The smallest absolute Gasteiger partial charge is 0.262 e. The molecule has 1 unspecified atom stereocenters. The van der Waals surface area contributed by atoms with Gasteiger partial charge in [0.25, 0.3) is 5.91 Å². The van der Waals surface area contributed by atoms with Gasteiger partial charge in [-0.15, -0.1) is 0 Å². The predicted molar refractivity (Wildman–Crippen MR) is 112 cm³/mol. The minimum absolute atomic E-state index is 0.171. The maximum atomic E-state index is 13.0. The molecule has 0 saturated carbocycles. The summed E-state index contributed by atoms with van der Waals surface area (Å²) in [5, 5.41) is 10.9. The first-order valence-electron chi connectivity index (χ1n) is 9.87. The van der Waals surface area contributed by atoms with E-state index in [-0.39, 0.29) is 18.6 Å². The molecular weight excluding hydrogens is 389 g/mol. The van der Waals surface area contributed by atoms with Crippen molar-refractivity contribution in [3.8, 4) is 22.6 Å². The van der Waals surface area contributed by atoms with Crippen molar-refractivity contribution in [3.63, 3.8) is 0 Å². The van der Waals surface area contributed by atoms with E-state index < -0.39 is 12.9 Å². The molecule has 0 aliphatic carbocycles. The summed E-state index contributed by atoms with van der Waals surface area (Å²) in [6, 6.07) is 11.1. The van der Waals surface area contributed by atoms with Crippen LogP contribution in [-0.4, -0.2) is 50.4 Å². The van der Waals surface area contributed by atoms with Crippen LogP contribution in [0.1, 0.15) is 6.92 Å². The average molecular weight is 411 g/mol. The van der Waals surface area contributed by atoms with Crippen molar-refractivity contribution in [2.45, 2.75) is 19.0 Å². The number of alkyl halides is 1. The zero-order chi connectivity index (χ0) is 20.7. The molecule has 3 N–H and O–H groups in total. The van der Waals surface area contributed by atoms with Gasteiger partial charge in [-0.05, 0) is 25.1 Å². The lowest BCUT2D eigenvalue weighted by Gasteiger charge is -2.39. The van der Waals surface area contributed by atoms with Crippen LogP contribution in [0.15, 0.2) is 41.5 Å². The van der Waals surface area contributed by atoms with Gasteiger partial charge >= 0.3 is 0 Å². The van der Waals surface area contributed by atoms with Gasteiger partial charge in [-0.1, -0.05) is 18.2 Å². The first-order valence-corrected chi connectivity index (χ1v) is 9.87. The molecule has 1 fully saturated rings. The van der Waals surface area contributed by atoms with Gasteiger partial charge < -0.3 is 25.0 Å². The van der Waals surface area contributed by atoms with Gasteiger partial charge in [0.15, 0.2) is 5.84 Å². The summed E-state index contributed by atoms with van der Waals surface area (Å²) in [5.41, 5.74) is 5.78. The maximum Gasteiger partial charge on any atom is 0.262 e. The van der Waals surface area contributed by atoms with Crippen LogP contribution in [0.25, 0.3) is 11.1 Å². The number of carbonyl (C=O) groups is 1. The van der Waals surface area contributed by atoms with Gasteiger partial charge in [0.05, 0.1) is 11.7 Å². The van der Waals surface area contributed by atoms with Gasteiger partial charge in [-0.2, -0.15) is 5.10 Å². The van der Waals surface area contributed by atoms with Crippen molar-refractivity contribution in [3.05, 3.63) is 36.4 Å². The largest absolute Gasteiger partial charge is 0.483 e. The number of amides is 1. The molecule has 3 aliphatic rings. The number of ether oxygens (including phenoxy) is 2. The third-order valence-corrected chi connectivity index (χ3v) is 5.58. The van der Waals surface area contributed by atoms with E-state index in [1.807, 2.05) is 42.2 Å². The molecule has 8 nitrogen and oxygen atoms in total. The second-order valence-corrected chi connectivity index (χ2v) is 7.45. The first kappa shape index (κ1) is 18.7. The number of rotatable bonds is 5. The highest BCUT2D eigenvalue weighted by Crippen LogP contribution is 2.45. The second kappa shape index (κ2) is 7.49. The van der Waals surface area contributed by atoms with Crippen LogP contribution in [-0.2, 0) is 4.79 Å². The monoisotopic (exact) mass is 411 g/mol. The van der Waals surface area contributed by atoms with Crippen LogP contribution >= 0.6 is 0 Å². The Balaban J connectivity index is 1.64. The number of hydrazone groups is 1. The fourth-order valence-electron chi connectivity index (χ4n) is 3.90. The highest BCUT2D eigenvalue weighted by molar-refractivity contribution is 6.10. The third-order valence-electron chi connectivity index (χ3n) is 5.58. The van der Waals surface area contributed by atoms with Crippen molar-refractivity contribution in [2.24, 2.45) is 5.10 Å². The lowest BCUT2D eigenvalue weighted by molar-refractivity contribution is -0.122. The van der Waals surface area contributed by atoms with E-state index in [0.29, 0.717) is 17.3 Å². The Kier molecular flexibility index (Phi) is 4.66. The van der Waals surface area contributed by atoms with Gasteiger partial charge in [-0.25, -0.2) is 9.82 Å². The van der Waals surface area contributed by atoms with E-state index in [1.165, 1.54) is 0 Å². The number of nitrogens with zero attached hydrogens (tertiary/aromatic N) is 2. The number of amidine groups is 1. The SMILES string of the molecule is CC1C(=O)NN=C2COc3cc(-c4ccccc4OCF)c(NC4CNC4)cc3N21. The highest BCUT2D eigenvalue weighted by atomic mass is 19.1. The lowest BCUT2D eigenvalue weighted by Crippen LogP contribution is -2.55. The molecular formula is C21H22FN5O3. The average Bonchev–Trinajstić information content (AvgIpc) is 2.73. The summed E-state index contributed by atoms with van der Waals surface area (Å²) in [6.07, 6.45) is 0. The standard InChI is InChI=1S/C21H22FN5O3/c1-12-21(28)26-25-20-10-29-19-6-15(14-4-2-3-5-18(14)30-11-22)16(7-17(19)27(12)20)24-13-8-23-9-13/h2-7,12-13,23-24H,8-11H2,1H3,(H,26,28). The van der Waals surface area contributed by atoms with Crippen LogP contribution < -0.4 is 30.4 Å². The van der Waals surface area contributed by atoms with Gasteiger partial charge in [0.2, 0.25) is 6.86 Å². The molecule has 0 radical (unpaired) electrons. The topological polar surface area (TPSA) is 87.2 Å². The van der Waals surface area contributed by atoms with Gasteiger partial charge in [0.1, 0.15) is 24.1 Å². The van der Waals surface area contributed by atoms with E-state index >= 15 is 0 Å². The normalized spacial score (nSPS) is 20.2. The summed E-state index contributed by atoms with van der Waals surface area (Å²) in [6.45, 7) is 2.88. The van der Waals surface area contributed by atoms with Gasteiger partial charge in [0, 0.05) is 29.9 Å². The molecule has 2 aromatic rings. The van der Waals surface area contributed by atoms with E-state index in [4.69, 9.17) is 9.47 Å². The van der Waals surface area contributed by atoms with Crippen LogP contribution in [0.2, 0.25) is 0 Å². The Hall–Kier alpha value is -3.33. The number of halogens is 1. The summed E-state index contributed by atoms with van der Waals surface area (Å²) in [5.74, 6) is 1.58. The van der Waals surface area contributed by atoms with Crippen molar-refractivity contribution in [1.82, 2.24) is 10.7 Å². The zero-order valence-electron chi connectivity index (χ0n) is 16.4. The van der Waals surface area contributed by atoms with E-state index in [1.54, 1.807) is 6.07 Å². The zero-order valence-corrected chi connectivity index (χ0v) is 16.4. The number of hydrogen-bond donors (Lipinski definition) is 3. The van der Waals surface area contributed by atoms with Crippen molar-refractivity contribution in [2.75, 3.05) is 36.8 Å². The Morgan fingerprint density at radius 2 is 2.13 bits per heavy atom. The molecule has 0 bridgehead atoms. The molecule has 9 heteroatoms. The van der Waals surface area contributed by atoms with Crippen LogP contribution in [0.3, 0.4) is 0 Å². The molecule has 1 atom stereocenters. The maximum absolute atomic E-state index is 13.0. The Labute approximate surface area is 173 Å². The summed E-state index contributed by atoms with van der Waals surface area (Å²) in [4.78, 5) is 14.1. The number of carbonyl (C=O) groups excluding carboxylic acids is 1. The third kappa shape index (κ3) is 3.11. The van der Waals surface area contributed by atoms with Crippen LogP contribution in [0.5, 0.6) is 11.5 Å². The van der Waals surface area contributed by atoms with E-state index in [0.717, 1.165) is 35.6 Å². The number of benzene rings is 2. The van der Waals surface area contributed by atoms with Crippen molar-refractivity contribution in [1.29, 1.82) is 0 Å². The fraction of sp³-hybridized carbons (Fsp3) is 0.333. The summed E-state index contributed by atoms with van der Waals surface area (Å²) in [7, 11) is 0. The molecule has 156 valence electrons. The molecule has 3 aliphatic heterocycles. The quantitative estimate of drug-likeness (QED) is 0.698. The molecule has 2 aromatic carbocycles. The molecule has 5 rings (SSSR count). The molecule has 3 heterocycles. The van der Waals surface area contributed by atoms with E-state index in [9.17, 15) is 9.18 Å². The summed E-state index contributed by atoms with van der Waals surface area (Å²) >= 11 is 0. The number of anilines is 2. The van der Waals surface area contributed by atoms with Gasteiger partial charge in [-0.3, -0.25) is 4.79 Å². The predicted octanol–water partition coefficient (Wildman–Crippen LogP) is 2.07. The van der Waals surface area contributed by atoms with Crippen molar-refractivity contribution < 1.29 is 18.7 Å². The van der Waals surface area contributed by atoms with E-state index in [2.05, 4.69) is 21.2 Å². The minimum Gasteiger partial charge on any atom is -0.483 e. The highest BCUT2D eigenvalue weighted by Gasteiger charge is 2.36. The Bertz CT molecular complexity index is 1020. The number of nitrogens with one attached hydrogen (secondary N) is 3. The molecule has 0 spiro atoms. The first-order chi connectivity index (χ1) is 14.7. The molecule has 1 saturated heterocycles. The lowest BCUT2D eigenvalue weighted by atomic mass is 9.98. The van der Waals surface area contributed by atoms with Crippen molar-refractivity contribution >= 4 is 23.1 Å². The summed E-state index contributed by atoms with van der Waals surface area (Å²) < 4.78 is 24.1. The molecule has 0 aromatic heterocycles. The van der Waals surface area contributed by atoms with Crippen LogP contribution in [0.4, 0.5) is 15.8 Å². The Morgan fingerprint density at radius 1 is 1.30 bits per heavy atom. The minimum atomic E-state index is -0.909. The van der Waals surface area contributed by atoms with Crippen LogP contribution in [0, 0.1) is 0 Å². The Morgan fingerprint density at radius 3 is 2.90 bits per heavy atom.